The Kier molecular flexibility index (Phi) is 12.0. The molecule has 0 aromatic heterocycles. The lowest BCUT2D eigenvalue weighted by atomic mass is 10.1. The summed E-state index contributed by atoms with van der Waals surface area (Å²) in [5.74, 6) is 0.584. The van der Waals surface area contributed by atoms with Crippen LogP contribution in [0.5, 0.6) is 0 Å². The lowest BCUT2D eigenvalue weighted by Gasteiger charge is -2.02. The fourth-order valence-electron chi connectivity index (χ4n) is 1.01. The summed E-state index contributed by atoms with van der Waals surface area (Å²) in [5, 5.41) is 2.75. The van der Waals surface area contributed by atoms with Gasteiger partial charge in [0.25, 0.3) is 10.1 Å². The summed E-state index contributed by atoms with van der Waals surface area (Å²) in [5.41, 5.74) is 0. The Morgan fingerprint density at radius 3 is 1.93 bits per heavy atom. The third kappa shape index (κ3) is 24.8. The molecule has 0 aliphatic carbocycles. The van der Waals surface area contributed by atoms with Gasteiger partial charge >= 0.3 is 0 Å². The van der Waals surface area contributed by atoms with Crippen molar-refractivity contribution in [1.82, 2.24) is 5.32 Å². The van der Waals surface area contributed by atoms with Gasteiger partial charge in [0, 0.05) is 0 Å². The number of hydrogen-bond donors (Lipinski definition) is 2. The van der Waals surface area contributed by atoms with Crippen LogP contribution < -0.4 is 5.32 Å². The monoisotopic (exact) mass is 239 g/mol. The second-order valence-corrected chi connectivity index (χ2v) is 5.60. The molecule has 0 radical (unpaired) electrons. The second kappa shape index (κ2) is 10.4. The van der Waals surface area contributed by atoms with Crippen molar-refractivity contribution in [3.05, 3.63) is 0 Å². The van der Waals surface area contributed by atoms with E-state index in [0.29, 0.717) is 12.3 Å². The van der Waals surface area contributed by atoms with Gasteiger partial charge in [-0.25, -0.2) is 0 Å². The molecule has 0 spiro atoms. The molecule has 0 fully saturated rings. The molecule has 0 unspecified atom stereocenters. The molecular formula is C10H25NO3S. The van der Waals surface area contributed by atoms with Gasteiger partial charge < -0.3 is 5.32 Å². The van der Waals surface area contributed by atoms with Crippen molar-refractivity contribution < 1.29 is 13.0 Å². The molecule has 0 amide bonds. The third-order valence-electron chi connectivity index (χ3n) is 1.68. The summed E-state index contributed by atoms with van der Waals surface area (Å²) in [6.07, 6.45) is 3.64. The van der Waals surface area contributed by atoms with E-state index in [0.717, 1.165) is 19.3 Å². The van der Waals surface area contributed by atoms with Gasteiger partial charge in [-0.15, -0.1) is 0 Å². The highest BCUT2D eigenvalue weighted by Crippen LogP contribution is 2.08. The van der Waals surface area contributed by atoms with Crippen molar-refractivity contribution in [1.29, 1.82) is 0 Å². The Balaban J connectivity index is 0. The highest BCUT2D eigenvalue weighted by atomic mass is 32.2. The Morgan fingerprint density at radius 1 is 1.13 bits per heavy atom. The van der Waals surface area contributed by atoms with Crippen molar-refractivity contribution in [2.75, 3.05) is 19.8 Å². The van der Waals surface area contributed by atoms with Crippen molar-refractivity contribution in [2.45, 2.75) is 39.5 Å². The molecule has 0 rings (SSSR count). The number of hydrogen-bond acceptors (Lipinski definition) is 3. The molecule has 0 heterocycles. The quantitative estimate of drug-likeness (QED) is 0.549. The molecule has 0 aromatic carbocycles. The minimum Gasteiger partial charge on any atom is -0.323 e. The summed E-state index contributed by atoms with van der Waals surface area (Å²) in [6, 6.07) is 0. The normalized spacial score (nSPS) is 11.1. The van der Waals surface area contributed by atoms with E-state index in [1.165, 1.54) is 0 Å². The molecule has 0 aliphatic rings. The van der Waals surface area contributed by atoms with Gasteiger partial charge in [0.2, 0.25) is 0 Å². The molecule has 15 heavy (non-hydrogen) atoms. The molecule has 0 aromatic rings. The number of nitrogens with one attached hydrogen (secondary N) is 1. The van der Waals surface area contributed by atoms with Crippen LogP contribution in [-0.4, -0.2) is 32.8 Å². The van der Waals surface area contributed by atoms with Crippen molar-refractivity contribution in [2.24, 2.45) is 5.92 Å². The number of rotatable bonds is 6. The maximum Gasteiger partial charge on any atom is 0.264 e. The molecule has 0 atom stereocenters. The Labute approximate surface area is 94.2 Å². The van der Waals surface area contributed by atoms with Crippen LogP contribution in [0.4, 0.5) is 0 Å². The van der Waals surface area contributed by atoms with Gasteiger partial charge in [-0.05, 0) is 26.4 Å². The predicted molar refractivity (Wildman–Crippen MR) is 64.7 cm³/mol. The maximum atomic E-state index is 10.3. The SMILES string of the molecule is CC(C)CCCCCS(=O)(=O)O.CNC. The van der Waals surface area contributed by atoms with E-state index in [1.54, 1.807) is 0 Å². The second-order valence-electron chi connectivity index (χ2n) is 4.03. The van der Waals surface area contributed by atoms with Gasteiger partial charge in [-0.2, -0.15) is 8.42 Å². The highest BCUT2D eigenvalue weighted by Gasteiger charge is 2.03. The molecule has 0 saturated carbocycles. The minimum atomic E-state index is -3.72. The van der Waals surface area contributed by atoms with E-state index in [4.69, 9.17) is 4.55 Å². The minimum absolute atomic E-state index is 0.0922. The first-order chi connectivity index (χ1) is 6.83. The zero-order valence-electron chi connectivity index (χ0n) is 10.3. The van der Waals surface area contributed by atoms with E-state index >= 15 is 0 Å². The predicted octanol–water partition coefficient (Wildman–Crippen LogP) is 1.93. The Hall–Kier alpha value is -0.130. The largest absolute Gasteiger partial charge is 0.323 e. The smallest absolute Gasteiger partial charge is 0.264 e. The van der Waals surface area contributed by atoms with Crippen molar-refractivity contribution in [3.63, 3.8) is 0 Å². The van der Waals surface area contributed by atoms with Crippen LogP contribution in [0, 0.1) is 5.92 Å². The van der Waals surface area contributed by atoms with Crippen LogP contribution in [0.2, 0.25) is 0 Å². The van der Waals surface area contributed by atoms with E-state index in [-0.39, 0.29) is 5.75 Å². The molecule has 4 nitrogen and oxygen atoms in total. The van der Waals surface area contributed by atoms with Gasteiger partial charge in [0.05, 0.1) is 5.75 Å². The first-order valence-corrected chi connectivity index (χ1v) is 6.98. The van der Waals surface area contributed by atoms with E-state index < -0.39 is 10.1 Å². The maximum absolute atomic E-state index is 10.3. The molecule has 94 valence electrons. The molecule has 0 aliphatic heterocycles. The van der Waals surface area contributed by atoms with Crippen molar-refractivity contribution in [3.8, 4) is 0 Å². The summed E-state index contributed by atoms with van der Waals surface area (Å²) in [7, 11) is 0.0252. The van der Waals surface area contributed by atoms with Crippen molar-refractivity contribution >= 4 is 10.1 Å². The van der Waals surface area contributed by atoms with Gasteiger partial charge in [0.1, 0.15) is 0 Å². The van der Waals surface area contributed by atoms with Crippen LogP contribution in [0.1, 0.15) is 39.5 Å². The lowest BCUT2D eigenvalue weighted by molar-refractivity contribution is 0.476. The van der Waals surface area contributed by atoms with Crippen LogP contribution in [0.25, 0.3) is 0 Å². The Morgan fingerprint density at radius 2 is 1.60 bits per heavy atom. The first kappa shape index (κ1) is 17.3. The molecule has 5 heteroatoms. The van der Waals surface area contributed by atoms with E-state index in [2.05, 4.69) is 19.2 Å². The zero-order valence-corrected chi connectivity index (χ0v) is 11.1. The van der Waals surface area contributed by atoms with Crippen LogP contribution in [0.15, 0.2) is 0 Å². The first-order valence-electron chi connectivity index (χ1n) is 5.37. The topological polar surface area (TPSA) is 66.4 Å². The molecular weight excluding hydrogens is 214 g/mol. The molecule has 0 bridgehead atoms. The van der Waals surface area contributed by atoms with E-state index in [1.807, 2.05) is 14.1 Å². The van der Waals surface area contributed by atoms with Crippen LogP contribution in [-0.2, 0) is 10.1 Å². The third-order valence-corrected chi connectivity index (χ3v) is 2.49. The van der Waals surface area contributed by atoms with Crippen LogP contribution in [0.3, 0.4) is 0 Å². The Bertz CT molecular complexity index is 213. The summed E-state index contributed by atoms with van der Waals surface area (Å²) in [4.78, 5) is 0. The molecule has 2 N–H and O–H groups in total. The average Bonchev–Trinajstić information content (AvgIpc) is 2.02. The van der Waals surface area contributed by atoms with Gasteiger partial charge in [-0.3, -0.25) is 4.55 Å². The van der Waals surface area contributed by atoms with E-state index in [9.17, 15) is 8.42 Å². The molecule has 0 saturated heterocycles. The fourth-order valence-corrected chi connectivity index (χ4v) is 1.58. The standard InChI is InChI=1S/C8H18O3S.C2H7N/c1-8(2)6-4-3-5-7-12(9,10)11;1-3-2/h8H,3-7H2,1-2H3,(H,9,10,11);3H,1-2H3. The summed E-state index contributed by atoms with van der Waals surface area (Å²) >= 11 is 0. The van der Waals surface area contributed by atoms with Gasteiger partial charge in [0.15, 0.2) is 0 Å². The summed E-state index contributed by atoms with van der Waals surface area (Å²) in [6.45, 7) is 4.28. The fraction of sp³-hybridized carbons (Fsp3) is 1.00. The van der Waals surface area contributed by atoms with Gasteiger partial charge in [-0.1, -0.05) is 33.1 Å². The number of unbranched alkanes of at least 4 members (excludes halogenated alkanes) is 2. The lowest BCUT2D eigenvalue weighted by Crippen LogP contribution is -2.03. The van der Waals surface area contributed by atoms with Crippen LogP contribution >= 0.6 is 0 Å². The summed E-state index contributed by atoms with van der Waals surface area (Å²) < 4.78 is 29.0. The zero-order chi connectivity index (χ0) is 12.3. The highest BCUT2D eigenvalue weighted by molar-refractivity contribution is 7.85. The average molecular weight is 239 g/mol.